The number of hydrogen-bond donors (Lipinski definition) is 0. The van der Waals surface area contributed by atoms with Crippen molar-refractivity contribution in [2.75, 3.05) is 50.7 Å². The van der Waals surface area contributed by atoms with Crippen molar-refractivity contribution in [2.45, 2.75) is 24.7 Å². The highest BCUT2D eigenvalue weighted by Crippen LogP contribution is 2.33. The molecule has 1 aliphatic heterocycles. The Balaban J connectivity index is 1.72. The molecule has 1 aliphatic rings. The van der Waals surface area contributed by atoms with Crippen molar-refractivity contribution in [3.05, 3.63) is 36.4 Å². The molecule has 2 aromatic carbocycles. The van der Waals surface area contributed by atoms with E-state index in [-0.39, 0.29) is 10.9 Å². The molecule has 1 heterocycles. The molecule has 0 bridgehead atoms. The molecule has 148 valence electrons. The van der Waals surface area contributed by atoms with E-state index in [2.05, 4.69) is 47.6 Å². The van der Waals surface area contributed by atoms with Gasteiger partial charge in [0.25, 0.3) is 0 Å². The maximum atomic E-state index is 12.4. The number of benzene rings is 2. The van der Waals surface area contributed by atoms with E-state index in [1.54, 1.807) is 7.11 Å². The zero-order chi connectivity index (χ0) is 19.1. The summed E-state index contributed by atoms with van der Waals surface area (Å²) in [6.07, 6.45) is 2.15. The molecule has 1 saturated heterocycles. The van der Waals surface area contributed by atoms with E-state index in [1.165, 1.54) is 15.7 Å². The van der Waals surface area contributed by atoms with Gasteiger partial charge < -0.3 is 9.47 Å². The SMILES string of the molecule is CCCCS(=O)N1CC[S+](c2ccc(OCCOC)c3ccccc23)CC1. The van der Waals surface area contributed by atoms with Crippen LogP contribution in [0.1, 0.15) is 19.8 Å². The lowest BCUT2D eigenvalue weighted by Gasteiger charge is -2.26. The van der Waals surface area contributed by atoms with Crippen LogP contribution in [0.15, 0.2) is 41.3 Å². The Morgan fingerprint density at radius 2 is 1.81 bits per heavy atom. The zero-order valence-corrected chi connectivity index (χ0v) is 17.9. The lowest BCUT2D eigenvalue weighted by Crippen LogP contribution is -2.42. The molecule has 0 spiro atoms. The van der Waals surface area contributed by atoms with Gasteiger partial charge in [-0.3, -0.25) is 0 Å². The minimum absolute atomic E-state index is 0.202. The van der Waals surface area contributed by atoms with E-state index in [0.29, 0.717) is 13.2 Å². The number of fused-ring (bicyclic) bond motifs is 1. The van der Waals surface area contributed by atoms with Gasteiger partial charge in [0.2, 0.25) is 0 Å². The van der Waals surface area contributed by atoms with Crippen LogP contribution in [0.2, 0.25) is 0 Å². The van der Waals surface area contributed by atoms with Gasteiger partial charge in [-0.15, -0.1) is 0 Å². The van der Waals surface area contributed by atoms with Crippen molar-refractivity contribution in [1.82, 2.24) is 4.31 Å². The second kappa shape index (κ2) is 10.5. The molecule has 0 amide bonds. The van der Waals surface area contributed by atoms with E-state index < -0.39 is 11.0 Å². The number of unbranched alkanes of at least 4 members (excludes halogenated alkanes) is 1. The van der Waals surface area contributed by atoms with Gasteiger partial charge in [0, 0.05) is 34.5 Å². The molecule has 0 aliphatic carbocycles. The molecule has 4 nitrogen and oxygen atoms in total. The van der Waals surface area contributed by atoms with E-state index >= 15 is 0 Å². The first kappa shape index (κ1) is 20.6. The van der Waals surface area contributed by atoms with Gasteiger partial charge >= 0.3 is 0 Å². The van der Waals surface area contributed by atoms with Gasteiger partial charge in [0.15, 0.2) is 4.90 Å². The Morgan fingerprint density at radius 3 is 2.52 bits per heavy atom. The van der Waals surface area contributed by atoms with E-state index in [1.807, 2.05) is 0 Å². The molecule has 27 heavy (non-hydrogen) atoms. The predicted octanol–water partition coefficient (Wildman–Crippen LogP) is 3.62. The molecule has 2 aromatic rings. The van der Waals surface area contributed by atoms with Crippen molar-refractivity contribution in [3.8, 4) is 5.75 Å². The number of hydrogen-bond acceptors (Lipinski definition) is 3. The average molecular weight is 409 g/mol. The lowest BCUT2D eigenvalue weighted by molar-refractivity contribution is 0.147. The second-order valence-corrected chi connectivity index (χ2v) is 10.5. The van der Waals surface area contributed by atoms with Gasteiger partial charge in [-0.25, -0.2) is 8.51 Å². The second-order valence-electron chi connectivity index (χ2n) is 6.66. The summed E-state index contributed by atoms with van der Waals surface area (Å²) in [5, 5.41) is 2.46. The minimum Gasteiger partial charge on any atom is -0.491 e. The van der Waals surface area contributed by atoms with Crippen LogP contribution >= 0.6 is 0 Å². The third kappa shape index (κ3) is 5.25. The molecule has 6 heteroatoms. The zero-order valence-electron chi connectivity index (χ0n) is 16.3. The average Bonchev–Trinajstić information content (AvgIpc) is 2.72. The number of methoxy groups -OCH3 is 1. The molecule has 0 N–H and O–H groups in total. The molecule has 0 radical (unpaired) electrons. The van der Waals surface area contributed by atoms with Crippen LogP contribution in [0.3, 0.4) is 0 Å². The monoisotopic (exact) mass is 408 g/mol. The summed E-state index contributed by atoms with van der Waals surface area (Å²) in [5.74, 6) is 3.91. The first-order valence-electron chi connectivity index (χ1n) is 9.69. The molecule has 1 unspecified atom stereocenters. The first-order valence-corrected chi connectivity index (χ1v) is 12.5. The van der Waals surface area contributed by atoms with E-state index in [9.17, 15) is 4.21 Å². The minimum atomic E-state index is -0.807. The van der Waals surface area contributed by atoms with Crippen molar-refractivity contribution in [3.63, 3.8) is 0 Å². The Bertz CT molecular complexity index is 760. The maximum absolute atomic E-state index is 12.4. The smallest absolute Gasteiger partial charge is 0.163 e. The highest BCUT2D eigenvalue weighted by atomic mass is 32.2. The van der Waals surface area contributed by atoms with Crippen molar-refractivity contribution in [1.29, 1.82) is 0 Å². The number of rotatable bonds is 9. The summed E-state index contributed by atoms with van der Waals surface area (Å²) in [4.78, 5) is 1.42. The predicted molar refractivity (Wildman–Crippen MR) is 116 cm³/mol. The van der Waals surface area contributed by atoms with Gasteiger partial charge in [0.05, 0.1) is 30.7 Å². The normalized spacial score (nSPS) is 17.3. The summed E-state index contributed by atoms with van der Waals surface area (Å²) in [6, 6.07) is 12.8. The molecule has 1 atom stereocenters. The highest BCUT2D eigenvalue weighted by molar-refractivity contribution is 7.97. The van der Waals surface area contributed by atoms with E-state index in [0.717, 1.165) is 48.9 Å². The number of ether oxygens (including phenoxy) is 2. The van der Waals surface area contributed by atoms with Gasteiger partial charge in [-0.05, 0) is 24.6 Å². The lowest BCUT2D eigenvalue weighted by atomic mass is 10.1. The summed E-state index contributed by atoms with van der Waals surface area (Å²) in [5.41, 5.74) is 0. The topological polar surface area (TPSA) is 38.8 Å². The van der Waals surface area contributed by atoms with Crippen molar-refractivity contribution >= 4 is 32.7 Å². The van der Waals surface area contributed by atoms with Gasteiger partial charge in [0.1, 0.15) is 23.9 Å². The third-order valence-corrected chi connectivity index (χ3v) is 8.74. The third-order valence-electron chi connectivity index (χ3n) is 4.83. The Hall–Kier alpha value is -1.08. The Labute approximate surface area is 168 Å². The van der Waals surface area contributed by atoms with Crippen LogP contribution in [-0.4, -0.2) is 59.2 Å². The highest BCUT2D eigenvalue weighted by Gasteiger charge is 2.32. The maximum Gasteiger partial charge on any atom is 0.163 e. The number of nitrogens with zero attached hydrogens (tertiary/aromatic N) is 1. The van der Waals surface area contributed by atoms with Gasteiger partial charge in [-0.1, -0.05) is 31.5 Å². The van der Waals surface area contributed by atoms with Crippen molar-refractivity contribution in [2.24, 2.45) is 0 Å². The Kier molecular flexibility index (Phi) is 8.00. The molecule has 0 aromatic heterocycles. The summed E-state index contributed by atoms with van der Waals surface area (Å²) in [7, 11) is 1.08. The van der Waals surface area contributed by atoms with Crippen molar-refractivity contribution < 1.29 is 13.7 Å². The molecular formula is C21H30NO3S2+. The quantitative estimate of drug-likeness (QED) is 0.470. The van der Waals surface area contributed by atoms with Crippen LogP contribution in [0.25, 0.3) is 10.8 Å². The molecule has 3 rings (SSSR count). The summed E-state index contributed by atoms with van der Waals surface area (Å²) < 4.78 is 25.6. The molecule has 1 fully saturated rings. The van der Waals surface area contributed by atoms with Crippen LogP contribution in [0.5, 0.6) is 5.75 Å². The van der Waals surface area contributed by atoms with Gasteiger partial charge in [-0.2, -0.15) is 0 Å². The fourth-order valence-corrected chi connectivity index (χ4v) is 7.20. The fourth-order valence-electron chi connectivity index (χ4n) is 3.31. The van der Waals surface area contributed by atoms with Crippen LogP contribution in [-0.2, 0) is 26.6 Å². The molecular weight excluding hydrogens is 378 g/mol. The summed E-state index contributed by atoms with van der Waals surface area (Å²) >= 11 is 0. The van der Waals surface area contributed by atoms with Crippen LogP contribution in [0, 0.1) is 0 Å². The fraction of sp³-hybridized carbons (Fsp3) is 0.524. The van der Waals surface area contributed by atoms with Crippen LogP contribution in [0.4, 0.5) is 0 Å². The van der Waals surface area contributed by atoms with Crippen LogP contribution < -0.4 is 4.74 Å². The standard InChI is InChI=1S/C21H30NO3S2/c1-3-4-15-27(23)22-11-16-26(17-12-22)21-10-9-20(25-14-13-24-2)18-7-5-6-8-19(18)21/h5-10H,3-4,11-17H2,1-2H3/q+1. The molecule has 0 saturated carbocycles. The summed E-state index contributed by atoms with van der Waals surface area (Å²) in [6.45, 7) is 5.16. The first-order chi connectivity index (χ1) is 13.2. The largest absolute Gasteiger partial charge is 0.491 e. The Morgan fingerprint density at radius 1 is 1.07 bits per heavy atom. The van der Waals surface area contributed by atoms with E-state index in [4.69, 9.17) is 9.47 Å².